The van der Waals surface area contributed by atoms with Crippen LogP contribution < -0.4 is 0 Å². The van der Waals surface area contributed by atoms with Crippen LogP contribution in [-0.4, -0.2) is 79.3 Å². The number of hydrogen-bond donors (Lipinski definition) is 0. The zero-order valence-electron chi connectivity index (χ0n) is 21.1. The van der Waals surface area contributed by atoms with Crippen molar-refractivity contribution in [3.63, 3.8) is 0 Å². The van der Waals surface area contributed by atoms with Gasteiger partial charge in [-0.15, -0.1) is 0 Å². The van der Waals surface area contributed by atoms with E-state index in [9.17, 15) is 0 Å². The van der Waals surface area contributed by atoms with E-state index in [1.54, 1.807) is 0 Å². The van der Waals surface area contributed by atoms with Gasteiger partial charge in [0.05, 0.1) is 0 Å². The molecule has 0 aromatic heterocycles. The Hall–Kier alpha value is 1.42. The van der Waals surface area contributed by atoms with Crippen LogP contribution in [-0.2, 0) is 32.9 Å². The van der Waals surface area contributed by atoms with Crippen molar-refractivity contribution in [2.75, 3.05) is 0 Å². The normalized spacial score (nSPS) is 25.2. The molecule has 1 saturated heterocycles. The lowest BCUT2D eigenvalue weighted by molar-refractivity contribution is 0.336. The summed E-state index contributed by atoms with van der Waals surface area (Å²) in [5.74, 6) is 0. The van der Waals surface area contributed by atoms with Gasteiger partial charge >= 0.3 is 9.28 Å². The minimum atomic E-state index is -1.65. The Kier molecular flexibility index (Phi) is 27.5. The van der Waals surface area contributed by atoms with E-state index in [2.05, 4.69) is 6.92 Å². The second kappa shape index (κ2) is 28.0. The molecular formula is C17H50O8Si8. The zero-order valence-corrected chi connectivity index (χ0v) is 32.2. The van der Waals surface area contributed by atoms with Crippen molar-refractivity contribution in [3.05, 3.63) is 0 Å². The topological polar surface area (TPSA) is 73.8 Å². The third kappa shape index (κ3) is 24.9. The minimum absolute atomic E-state index is 0.911. The maximum atomic E-state index is 6.05. The standard InChI is InChI=1S/C17H50O8Si8/c1-2-3-4-5-6-7-8-9-10-11-12-13-14-15-16-17-33-24-31-22-29-20-27-18-26-19-28-21-30-23-32-25-33/h33H,2-17,26-32H2,1H3. The number of rotatable bonds is 16. The zero-order chi connectivity index (χ0) is 23.5. The lowest BCUT2D eigenvalue weighted by Gasteiger charge is -2.18. The summed E-state index contributed by atoms with van der Waals surface area (Å²) in [6.07, 6.45) is 20.8. The van der Waals surface area contributed by atoms with E-state index in [1.165, 1.54) is 96.3 Å². The highest BCUT2D eigenvalue weighted by Crippen LogP contribution is 2.14. The van der Waals surface area contributed by atoms with Crippen LogP contribution in [0.15, 0.2) is 0 Å². The molecule has 1 fully saturated rings. The minimum Gasteiger partial charge on any atom is -0.425 e. The predicted molar refractivity (Wildman–Crippen MR) is 155 cm³/mol. The van der Waals surface area contributed by atoms with Gasteiger partial charge in [0.2, 0.25) is 0 Å². The van der Waals surface area contributed by atoms with E-state index in [0.717, 1.165) is 6.04 Å². The molecular weight excluding hydrogens is 557 g/mol. The Morgan fingerprint density at radius 2 is 0.697 bits per heavy atom. The molecule has 0 atom stereocenters. The number of unbranched alkanes of at least 4 members (excludes halogenated alkanes) is 14. The van der Waals surface area contributed by atoms with E-state index in [4.69, 9.17) is 32.9 Å². The molecule has 0 N–H and O–H groups in total. The molecule has 0 saturated carbocycles. The van der Waals surface area contributed by atoms with Crippen LogP contribution in [0.1, 0.15) is 103 Å². The second-order valence-electron chi connectivity index (χ2n) is 8.55. The van der Waals surface area contributed by atoms with Crippen molar-refractivity contribution >= 4 is 79.3 Å². The van der Waals surface area contributed by atoms with E-state index >= 15 is 0 Å². The van der Waals surface area contributed by atoms with Gasteiger partial charge in [-0.05, 0) is 6.04 Å². The van der Waals surface area contributed by atoms with Crippen LogP contribution in [0.4, 0.5) is 0 Å². The maximum Gasteiger partial charge on any atom is 0.303 e. The largest absolute Gasteiger partial charge is 0.425 e. The van der Waals surface area contributed by atoms with Crippen LogP contribution in [0.5, 0.6) is 0 Å². The van der Waals surface area contributed by atoms with Crippen LogP contribution in [0.2, 0.25) is 6.04 Å². The first-order valence-electron chi connectivity index (χ1n) is 13.1. The van der Waals surface area contributed by atoms with Crippen molar-refractivity contribution < 1.29 is 32.9 Å². The summed E-state index contributed by atoms with van der Waals surface area (Å²) in [7, 11) is -8.27. The Labute approximate surface area is 220 Å². The monoisotopic (exact) mass is 606 g/mol. The van der Waals surface area contributed by atoms with Crippen LogP contribution in [0.25, 0.3) is 0 Å². The first-order chi connectivity index (χ1) is 16.4. The molecule has 0 aromatic carbocycles. The molecule has 8 nitrogen and oxygen atoms in total. The van der Waals surface area contributed by atoms with Crippen molar-refractivity contribution in [2.24, 2.45) is 0 Å². The molecule has 33 heavy (non-hydrogen) atoms. The van der Waals surface area contributed by atoms with E-state index in [0.29, 0.717) is 0 Å². The highest BCUT2D eigenvalue weighted by atomic mass is 28.4. The fourth-order valence-corrected chi connectivity index (χ4v) is 19.9. The van der Waals surface area contributed by atoms with Gasteiger partial charge in [-0.25, -0.2) is 0 Å². The fourth-order valence-electron chi connectivity index (χ4n) is 3.64. The smallest absolute Gasteiger partial charge is 0.303 e. The third-order valence-corrected chi connectivity index (χ3v) is 18.5. The quantitative estimate of drug-likeness (QED) is 0.167. The Morgan fingerprint density at radius 3 is 1.06 bits per heavy atom. The van der Waals surface area contributed by atoms with E-state index in [-0.39, 0.29) is 0 Å². The molecule has 0 aromatic rings. The van der Waals surface area contributed by atoms with Crippen LogP contribution in [0.3, 0.4) is 0 Å². The van der Waals surface area contributed by atoms with Gasteiger partial charge in [0, 0.05) is 0 Å². The predicted octanol–water partition coefficient (Wildman–Crippen LogP) is -0.784. The first-order valence-corrected chi connectivity index (χ1v) is 23.0. The average molecular weight is 607 g/mol. The Bertz CT molecular complexity index is 379. The molecule has 0 radical (unpaired) electrons. The molecule has 0 aliphatic carbocycles. The molecule has 1 rings (SSSR count). The molecule has 198 valence electrons. The molecule has 0 unspecified atom stereocenters. The summed E-state index contributed by atoms with van der Waals surface area (Å²) < 4.78 is 45.5. The molecule has 0 amide bonds. The fraction of sp³-hybridized carbons (Fsp3) is 1.00. The summed E-state index contributed by atoms with van der Waals surface area (Å²) in [5.41, 5.74) is 0. The summed E-state index contributed by atoms with van der Waals surface area (Å²) >= 11 is 0. The summed E-state index contributed by atoms with van der Waals surface area (Å²) in [6, 6.07) is 1.07. The van der Waals surface area contributed by atoms with Gasteiger partial charge in [-0.1, -0.05) is 103 Å². The Morgan fingerprint density at radius 1 is 0.394 bits per heavy atom. The SMILES string of the molecule is CCCCCCCCCCCCCCCCC[SiH]1O[SiH2]O[SiH2]O[SiH2]O[SiH2]O[SiH2]O[SiH2]O[SiH2]O1. The average Bonchev–Trinajstić information content (AvgIpc) is 2.82. The second-order valence-corrected chi connectivity index (χ2v) is 24.1. The molecule has 16 heteroatoms. The maximum absolute atomic E-state index is 6.05. The number of hydrogen-bond acceptors (Lipinski definition) is 8. The van der Waals surface area contributed by atoms with Crippen LogP contribution in [0, 0.1) is 0 Å². The van der Waals surface area contributed by atoms with E-state index in [1.807, 2.05) is 0 Å². The van der Waals surface area contributed by atoms with Gasteiger partial charge < -0.3 is 32.9 Å². The van der Waals surface area contributed by atoms with Gasteiger partial charge in [-0.2, -0.15) is 0 Å². The summed E-state index contributed by atoms with van der Waals surface area (Å²) in [6.45, 7) is 2.29. The van der Waals surface area contributed by atoms with Gasteiger partial charge in [0.1, 0.15) is 0 Å². The Balaban J connectivity index is 1.95. The lowest BCUT2D eigenvalue weighted by Crippen LogP contribution is -2.30. The molecule has 0 spiro atoms. The molecule has 0 bridgehead atoms. The highest BCUT2D eigenvalue weighted by Gasteiger charge is 2.13. The summed E-state index contributed by atoms with van der Waals surface area (Å²) in [5, 5.41) is 0. The highest BCUT2D eigenvalue weighted by molar-refractivity contribution is 6.58. The first kappa shape index (κ1) is 32.4. The lowest BCUT2D eigenvalue weighted by atomic mass is 10.0. The molecule has 1 heterocycles. The molecule has 1 aliphatic heterocycles. The van der Waals surface area contributed by atoms with E-state index < -0.39 is 79.3 Å². The summed E-state index contributed by atoms with van der Waals surface area (Å²) in [4.78, 5) is 0. The van der Waals surface area contributed by atoms with Crippen molar-refractivity contribution in [3.8, 4) is 0 Å². The van der Waals surface area contributed by atoms with Gasteiger partial charge in [0.15, 0.2) is 0 Å². The van der Waals surface area contributed by atoms with Gasteiger partial charge in [0.25, 0.3) is 70.0 Å². The van der Waals surface area contributed by atoms with Gasteiger partial charge in [-0.3, -0.25) is 0 Å². The van der Waals surface area contributed by atoms with Crippen molar-refractivity contribution in [1.29, 1.82) is 0 Å². The molecule has 1 aliphatic rings. The van der Waals surface area contributed by atoms with Crippen LogP contribution >= 0.6 is 0 Å². The van der Waals surface area contributed by atoms with Crippen molar-refractivity contribution in [1.82, 2.24) is 0 Å². The third-order valence-electron chi connectivity index (χ3n) is 5.55. The van der Waals surface area contributed by atoms with Crippen molar-refractivity contribution in [2.45, 2.75) is 109 Å².